The number of benzene rings is 1. The summed E-state index contributed by atoms with van der Waals surface area (Å²) in [5.74, 6) is 2.24. The highest BCUT2D eigenvalue weighted by Gasteiger charge is 2.04. The molecule has 96 valence electrons. The van der Waals surface area contributed by atoms with Crippen molar-refractivity contribution < 1.29 is 14.2 Å². The Morgan fingerprint density at radius 2 is 1.76 bits per heavy atom. The van der Waals surface area contributed by atoms with Crippen LogP contribution in [0.5, 0.6) is 17.2 Å². The van der Waals surface area contributed by atoms with Crippen LogP contribution < -0.4 is 14.2 Å². The smallest absolute Gasteiger partial charge is 0.164 e. The molecule has 0 radical (unpaired) electrons. The molecule has 17 heavy (non-hydrogen) atoms. The van der Waals surface area contributed by atoms with E-state index in [9.17, 15) is 0 Å². The Morgan fingerprint density at radius 3 is 2.41 bits per heavy atom. The maximum Gasteiger partial charge on any atom is 0.164 e. The molecule has 0 unspecified atom stereocenters. The molecule has 4 heteroatoms. The third-order valence-electron chi connectivity index (χ3n) is 2.40. The number of rotatable bonds is 8. The molecule has 0 amide bonds. The van der Waals surface area contributed by atoms with E-state index in [1.54, 1.807) is 14.2 Å². The maximum atomic E-state index is 5.64. The van der Waals surface area contributed by atoms with E-state index in [0.717, 1.165) is 29.9 Å². The molecule has 0 bridgehead atoms. The lowest BCUT2D eigenvalue weighted by Crippen LogP contribution is -1.98. The zero-order valence-corrected chi connectivity index (χ0v) is 12.0. The van der Waals surface area contributed by atoms with Crippen LogP contribution in [0.1, 0.15) is 19.3 Å². The van der Waals surface area contributed by atoms with Crippen LogP contribution >= 0.6 is 15.9 Å². The van der Waals surface area contributed by atoms with Crippen molar-refractivity contribution >= 4 is 15.9 Å². The van der Waals surface area contributed by atoms with Crippen molar-refractivity contribution in [3.8, 4) is 17.2 Å². The maximum absolute atomic E-state index is 5.64. The largest absolute Gasteiger partial charge is 0.493 e. The van der Waals surface area contributed by atoms with Crippen molar-refractivity contribution in [3.63, 3.8) is 0 Å². The zero-order chi connectivity index (χ0) is 12.5. The second-order valence-corrected chi connectivity index (χ2v) is 4.41. The summed E-state index contributed by atoms with van der Waals surface area (Å²) in [7, 11) is 3.25. The molecular formula is C13H19BrO3. The minimum Gasteiger partial charge on any atom is -0.493 e. The Balaban J connectivity index is 2.43. The molecular weight excluding hydrogens is 284 g/mol. The molecule has 1 aromatic rings. The Morgan fingerprint density at radius 1 is 1.00 bits per heavy atom. The van der Waals surface area contributed by atoms with Crippen LogP contribution in [0.2, 0.25) is 0 Å². The molecule has 0 aliphatic rings. The Bertz CT molecular complexity index is 328. The fourth-order valence-corrected chi connectivity index (χ4v) is 1.87. The number of ether oxygens (including phenoxy) is 3. The van der Waals surface area contributed by atoms with Gasteiger partial charge in [-0.3, -0.25) is 0 Å². The number of hydrogen-bond acceptors (Lipinski definition) is 3. The van der Waals surface area contributed by atoms with E-state index in [-0.39, 0.29) is 0 Å². The molecule has 3 nitrogen and oxygen atoms in total. The molecule has 0 fully saturated rings. The predicted molar refractivity (Wildman–Crippen MR) is 72.7 cm³/mol. The molecule has 0 heterocycles. The Hall–Kier alpha value is -0.900. The minimum absolute atomic E-state index is 0.699. The highest BCUT2D eigenvalue weighted by Crippen LogP contribution is 2.30. The standard InChI is InChI=1S/C13H19BrO3/c1-15-12-7-6-11(10-13(12)16-2)17-9-5-3-4-8-14/h6-7,10H,3-5,8-9H2,1-2H3. The number of alkyl halides is 1. The molecule has 0 aliphatic carbocycles. The monoisotopic (exact) mass is 302 g/mol. The summed E-state index contributed by atoms with van der Waals surface area (Å²) in [6.07, 6.45) is 3.44. The first-order valence-electron chi connectivity index (χ1n) is 5.72. The summed E-state index contributed by atoms with van der Waals surface area (Å²) in [4.78, 5) is 0. The van der Waals surface area contributed by atoms with Gasteiger partial charge in [0.25, 0.3) is 0 Å². The number of unbranched alkanes of at least 4 members (excludes halogenated alkanes) is 2. The highest BCUT2D eigenvalue weighted by atomic mass is 79.9. The average molecular weight is 303 g/mol. The quantitative estimate of drug-likeness (QED) is 0.542. The van der Waals surface area contributed by atoms with Crippen LogP contribution in [0, 0.1) is 0 Å². The topological polar surface area (TPSA) is 27.7 Å². The van der Waals surface area contributed by atoms with E-state index in [2.05, 4.69) is 15.9 Å². The van der Waals surface area contributed by atoms with Crippen molar-refractivity contribution in [2.75, 3.05) is 26.2 Å². The van der Waals surface area contributed by atoms with Crippen LogP contribution in [0.4, 0.5) is 0 Å². The first-order valence-corrected chi connectivity index (χ1v) is 6.84. The van der Waals surface area contributed by atoms with Gasteiger partial charge < -0.3 is 14.2 Å². The Labute approximate surface area is 111 Å². The normalized spacial score (nSPS) is 10.1. The molecule has 0 spiro atoms. The van der Waals surface area contributed by atoms with E-state index in [1.165, 1.54) is 12.8 Å². The molecule has 1 aromatic carbocycles. The average Bonchev–Trinajstić information content (AvgIpc) is 2.38. The molecule has 1 rings (SSSR count). The lowest BCUT2D eigenvalue weighted by Gasteiger charge is -2.10. The van der Waals surface area contributed by atoms with Crippen molar-refractivity contribution in [1.82, 2.24) is 0 Å². The van der Waals surface area contributed by atoms with E-state index >= 15 is 0 Å². The van der Waals surface area contributed by atoms with Crippen molar-refractivity contribution in [2.24, 2.45) is 0 Å². The van der Waals surface area contributed by atoms with Crippen LogP contribution in [-0.2, 0) is 0 Å². The van der Waals surface area contributed by atoms with E-state index in [0.29, 0.717) is 5.75 Å². The SMILES string of the molecule is COc1ccc(OCCCCCBr)cc1OC. The fourth-order valence-electron chi connectivity index (χ4n) is 1.47. The summed E-state index contributed by atoms with van der Waals surface area (Å²) in [5, 5.41) is 1.06. The molecule has 0 aromatic heterocycles. The minimum atomic E-state index is 0.699. The van der Waals surface area contributed by atoms with Gasteiger partial charge in [-0.2, -0.15) is 0 Å². The van der Waals surface area contributed by atoms with Gasteiger partial charge in [-0.1, -0.05) is 15.9 Å². The Kier molecular flexibility index (Phi) is 6.86. The lowest BCUT2D eigenvalue weighted by atomic mass is 10.2. The fraction of sp³-hybridized carbons (Fsp3) is 0.538. The summed E-state index contributed by atoms with van der Waals surface area (Å²) in [6, 6.07) is 5.60. The number of methoxy groups -OCH3 is 2. The second-order valence-electron chi connectivity index (χ2n) is 3.61. The number of hydrogen-bond donors (Lipinski definition) is 0. The third-order valence-corrected chi connectivity index (χ3v) is 2.96. The molecule has 0 N–H and O–H groups in total. The van der Waals surface area contributed by atoms with Crippen molar-refractivity contribution in [2.45, 2.75) is 19.3 Å². The first kappa shape index (κ1) is 14.2. The van der Waals surface area contributed by atoms with Crippen molar-refractivity contribution in [1.29, 1.82) is 0 Å². The summed E-state index contributed by atoms with van der Waals surface area (Å²) in [5.41, 5.74) is 0. The summed E-state index contributed by atoms with van der Waals surface area (Å²) < 4.78 is 16.0. The second kappa shape index (κ2) is 8.23. The van der Waals surface area contributed by atoms with Crippen LogP contribution in [0.15, 0.2) is 18.2 Å². The van der Waals surface area contributed by atoms with Crippen LogP contribution in [0.25, 0.3) is 0 Å². The van der Waals surface area contributed by atoms with Gasteiger partial charge in [0.05, 0.1) is 20.8 Å². The van der Waals surface area contributed by atoms with Crippen LogP contribution in [-0.4, -0.2) is 26.2 Å². The van der Waals surface area contributed by atoms with Crippen molar-refractivity contribution in [3.05, 3.63) is 18.2 Å². The van der Waals surface area contributed by atoms with Gasteiger partial charge in [0.1, 0.15) is 5.75 Å². The van der Waals surface area contributed by atoms with Gasteiger partial charge in [-0.15, -0.1) is 0 Å². The molecule has 0 saturated carbocycles. The highest BCUT2D eigenvalue weighted by molar-refractivity contribution is 9.09. The van der Waals surface area contributed by atoms with Gasteiger partial charge in [0, 0.05) is 11.4 Å². The van der Waals surface area contributed by atoms with Gasteiger partial charge in [0.2, 0.25) is 0 Å². The van der Waals surface area contributed by atoms with E-state index in [4.69, 9.17) is 14.2 Å². The molecule has 0 saturated heterocycles. The predicted octanol–water partition coefficient (Wildman–Crippen LogP) is 3.65. The third kappa shape index (κ3) is 4.86. The number of halogens is 1. The lowest BCUT2D eigenvalue weighted by molar-refractivity contribution is 0.301. The zero-order valence-electron chi connectivity index (χ0n) is 10.4. The van der Waals surface area contributed by atoms with Crippen LogP contribution in [0.3, 0.4) is 0 Å². The van der Waals surface area contributed by atoms with E-state index in [1.807, 2.05) is 18.2 Å². The molecule has 0 aliphatic heterocycles. The summed E-state index contributed by atoms with van der Waals surface area (Å²) >= 11 is 3.41. The van der Waals surface area contributed by atoms with Gasteiger partial charge in [-0.25, -0.2) is 0 Å². The van der Waals surface area contributed by atoms with Gasteiger partial charge in [0.15, 0.2) is 11.5 Å². The van der Waals surface area contributed by atoms with E-state index < -0.39 is 0 Å². The van der Waals surface area contributed by atoms with Gasteiger partial charge in [-0.05, 0) is 31.4 Å². The molecule has 0 atom stereocenters. The first-order chi connectivity index (χ1) is 8.31. The van der Waals surface area contributed by atoms with Gasteiger partial charge >= 0.3 is 0 Å². The summed E-state index contributed by atoms with van der Waals surface area (Å²) in [6.45, 7) is 0.739.